The third-order valence-corrected chi connectivity index (χ3v) is 5.35. The molecule has 0 bridgehead atoms. The lowest BCUT2D eigenvalue weighted by molar-refractivity contribution is 0.0595. The molecule has 0 radical (unpaired) electrons. The average Bonchev–Trinajstić information content (AvgIpc) is 2.75. The summed E-state index contributed by atoms with van der Waals surface area (Å²) in [6, 6.07) is 5.27. The predicted octanol–water partition coefficient (Wildman–Crippen LogP) is 7.34. The van der Waals surface area contributed by atoms with Crippen molar-refractivity contribution in [2.24, 2.45) is 0 Å². The Hall–Kier alpha value is -1.71. The lowest BCUT2D eigenvalue weighted by Crippen LogP contribution is -2.08. The van der Waals surface area contributed by atoms with Crippen LogP contribution in [-0.4, -0.2) is 26.8 Å². The minimum absolute atomic E-state index is 0.403. The van der Waals surface area contributed by atoms with Crippen LogP contribution < -0.4 is 9.47 Å². The molecule has 1 aromatic carbocycles. The Bertz CT molecular complexity index is 542. The van der Waals surface area contributed by atoms with E-state index in [9.17, 15) is 4.79 Å². The predicted molar refractivity (Wildman–Crippen MR) is 120 cm³/mol. The number of unbranched alkanes of at least 4 members (excludes halogenated alkanes) is 13. The van der Waals surface area contributed by atoms with Gasteiger partial charge < -0.3 is 14.2 Å². The molecule has 0 amide bonds. The van der Waals surface area contributed by atoms with Gasteiger partial charge in [0.15, 0.2) is 11.5 Å². The van der Waals surface area contributed by atoms with Crippen LogP contribution in [0.2, 0.25) is 0 Å². The van der Waals surface area contributed by atoms with Gasteiger partial charge >= 0.3 is 5.97 Å². The maximum Gasteiger partial charge on any atom is 0.341 e. The molecule has 0 atom stereocenters. The third kappa shape index (κ3) is 11.2. The lowest BCUT2D eigenvalue weighted by atomic mass is 10.0. The van der Waals surface area contributed by atoms with E-state index in [1.54, 1.807) is 25.3 Å². The van der Waals surface area contributed by atoms with Gasteiger partial charge in [-0.3, -0.25) is 0 Å². The standard InChI is InChI=1S/C25H42O4/c1-4-5-6-7-8-9-10-11-12-13-14-15-16-17-21-29-24-22(25(26)28-3)19-18-20-23(24)27-2/h18-20H,4-17,21H2,1-3H3. The van der Waals surface area contributed by atoms with E-state index in [1.807, 2.05) is 0 Å². The van der Waals surface area contributed by atoms with Gasteiger partial charge in [0.05, 0.1) is 20.8 Å². The van der Waals surface area contributed by atoms with Crippen LogP contribution >= 0.6 is 0 Å². The van der Waals surface area contributed by atoms with Crippen molar-refractivity contribution in [3.8, 4) is 11.5 Å². The molecule has 0 aliphatic rings. The number of benzene rings is 1. The smallest absolute Gasteiger partial charge is 0.341 e. The van der Waals surface area contributed by atoms with E-state index in [2.05, 4.69) is 6.92 Å². The average molecular weight is 407 g/mol. The maximum absolute atomic E-state index is 11.9. The van der Waals surface area contributed by atoms with Gasteiger partial charge in [-0.2, -0.15) is 0 Å². The molecular weight excluding hydrogens is 364 g/mol. The summed E-state index contributed by atoms with van der Waals surface area (Å²) < 4.78 is 16.0. The summed E-state index contributed by atoms with van der Waals surface area (Å²) in [5.74, 6) is 0.648. The molecule has 4 heteroatoms. The summed E-state index contributed by atoms with van der Waals surface area (Å²) in [5.41, 5.74) is 0.414. The molecule has 0 aliphatic carbocycles. The van der Waals surface area contributed by atoms with Crippen LogP contribution in [-0.2, 0) is 4.74 Å². The molecule has 1 rings (SSSR count). The number of esters is 1. The van der Waals surface area contributed by atoms with Crippen LogP contribution in [0.1, 0.15) is 107 Å². The topological polar surface area (TPSA) is 44.8 Å². The van der Waals surface area contributed by atoms with E-state index in [4.69, 9.17) is 14.2 Å². The molecular formula is C25H42O4. The molecule has 166 valence electrons. The highest BCUT2D eigenvalue weighted by Crippen LogP contribution is 2.31. The maximum atomic E-state index is 11.9. The van der Waals surface area contributed by atoms with Gasteiger partial charge in [0.25, 0.3) is 0 Å². The monoisotopic (exact) mass is 406 g/mol. The Balaban J connectivity index is 2.06. The van der Waals surface area contributed by atoms with Gasteiger partial charge in [0.1, 0.15) is 5.56 Å². The Morgan fingerprint density at radius 1 is 0.759 bits per heavy atom. The number of hydrogen-bond acceptors (Lipinski definition) is 4. The van der Waals surface area contributed by atoms with E-state index >= 15 is 0 Å². The first-order valence-corrected chi connectivity index (χ1v) is 11.6. The number of rotatable bonds is 18. The van der Waals surface area contributed by atoms with Crippen molar-refractivity contribution in [1.82, 2.24) is 0 Å². The summed E-state index contributed by atoms with van der Waals surface area (Å²) in [7, 11) is 2.95. The van der Waals surface area contributed by atoms with Gasteiger partial charge in [0.2, 0.25) is 0 Å². The Kier molecular flexibility index (Phi) is 15.0. The van der Waals surface area contributed by atoms with Crippen LogP contribution in [0.25, 0.3) is 0 Å². The van der Waals surface area contributed by atoms with E-state index in [0.29, 0.717) is 23.7 Å². The molecule has 0 aliphatic heterocycles. The molecule has 29 heavy (non-hydrogen) atoms. The van der Waals surface area contributed by atoms with Crippen LogP contribution in [0.5, 0.6) is 11.5 Å². The summed E-state index contributed by atoms with van der Waals surface area (Å²) in [6.07, 6.45) is 18.6. The SMILES string of the molecule is CCCCCCCCCCCCCCCCOc1c(OC)cccc1C(=O)OC. The van der Waals surface area contributed by atoms with Crippen molar-refractivity contribution in [2.75, 3.05) is 20.8 Å². The summed E-state index contributed by atoms with van der Waals surface area (Å²) in [5, 5.41) is 0. The number of carbonyl (C=O) groups excluding carboxylic acids is 1. The van der Waals surface area contributed by atoms with Gasteiger partial charge in [-0.05, 0) is 18.6 Å². The van der Waals surface area contributed by atoms with Gasteiger partial charge in [-0.1, -0.05) is 96.5 Å². The van der Waals surface area contributed by atoms with Crippen molar-refractivity contribution in [3.63, 3.8) is 0 Å². The minimum Gasteiger partial charge on any atom is -0.493 e. The van der Waals surface area contributed by atoms with Crippen molar-refractivity contribution < 1.29 is 19.0 Å². The molecule has 0 saturated carbocycles. The van der Waals surface area contributed by atoms with Crippen LogP contribution in [0.15, 0.2) is 18.2 Å². The lowest BCUT2D eigenvalue weighted by Gasteiger charge is -2.13. The number of para-hydroxylation sites is 1. The zero-order valence-electron chi connectivity index (χ0n) is 19.0. The number of hydrogen-bond donors (Lipinski definition) is 0. The first kappa shape index (κ1) is 25.3. The fraction of sp³-hybridized carbons (Fsp3) is 0.720. The van der Waals surface area contributed by atoms with Crippen molar-refractivity contribution >= 4 is 5.97 Å². The number of methoxy groups -OCH3 is 2. The second-order valence-electron chi connectivity index (χ2n) is 7.77. The van der Waals surface area contributed by atoms with Crippen LogP contribution in [0, 0.1) is 0 Å². The molecule has 0 unspecified atom stereocenters. The highest BCUT2D eigenvalue weighted by atomic mass is 16.5. The quantitative estimate of drug-likeness (QED) is 0.189. The van der Waals surface area contributed by atoms with E-state index in [-0.39, 0.29) is 0 Å². The minimum atomic E-state index is -0.403. The highest BCUT2D eigenvalue weighted by Gasteiger charge is 2.17. The fourth-order valence-electron chi connectivity index (χ4n) is 3.57. The fourth-order valence-corrected chi connectivity index (χ4v) is 3.57. The molecule has 0 spiro atoms. The normalized spacial score (nSPS) is 10.7. The van der Waals surface area contributed by atoms with Gasteiger partial charge in [-0.25, -0.2) is 4.79 Å². The Morgan fingerprint density at radius 2 is 1.28 bits per heavy atom. The second kappa shape index (κ2) is 17.2. The Labute approximate surface area is 178 Å². The molecule has 0 saturated heterocycles. The number of ether oxygens (including phenoxy) is 3. The zero-order chi connectivity index (χ0) is 21.2. The molecule has 0 fully saturated rings. The number of carbonyl (C=O) groups is 1. The summed E-state index contributed by atoms with van der Waals surface area (Å²) >= 11 is 0. The molecule has 0 N–H and O–H groups in total. The van der Waals surface area contributed by atoms with E-state index < -0.39 is 5.97 Å². The first-order chi connectivity index (χ1) is 14.2. The van der Waals surface area contributed by atoms with E-state index in [0.717, 1.165) is 12.8 Å². The molecule has 4 nitrogen and oxygen atoms in total. The molecule has 0 aromatic heterocycles. The Morgan fingerprint density at radius 3 is 1.76 bits per heavy atom. The van der Waals surface area contributed by atoms with E-state index in [1.165, 1.54) is 84.2 Å². The zero-order valence-corrected chi connectivity index (χ0v) is 19.0. The highest BCUT2D eigenvalue weighted by molar-refractivity contribution is 5.93. The largest absolute Gasteiger partial charge is 0.493 e. The van der Waals surface area contributed by atoms with Crippen molar-refractivity contribution in [2.45, 2.75) is 96.8 Å². The van der Waals surface area contributed by atoms with Crippen LogP contribution in [0.3, 0.4) is 0 Å². The van der Waals surface area contributed by atoms with Crippen molar-refractivity contribution in [1.29, 1.82) is 0 Å². The third-order valence-electron chi connectivity index (χ3n) is 5.35. The second-order valence-corrected chi connectivity index (χ2v) is 7.77. The molecule has 0 heterocycles. The van der Waals surface area contributed by atoms with Gasteiger partial charge in [0, 0.05) is 0 Å². The van der Waals surface area contributed by atoms with Crippen LogP contribution in [0.4, 0.5) is 0 Å². The van der Waals surface area contributed by atoms with Crippen molar-refractivity contribution in [3.05, 3.63) is 23.8 Å². The summed E-state index contributed by atoms with van der Waals surface area (Å²) in [4.78, 5) is 11.9. The van der Waals surface area contributed by atoms with Gasteiger partial charge in [-0.15, -0.1) is 0 Å². The first-order valence-electron chi connectivity index (χ1n) is 11.6. The molecule has 1 aromatic rings. The summed E-state index contributed by atoms with van der Waals surface area (Å²) in [6.45, 7) is 2.86.